The summed E-state index contributed by atoms with van der Waals surface area (Å²) in [6.07, 6.45) is 0. The molecule has 0 bridgehead atoms. The first kappa shape index (κ1) is 25.8. The van der Waals surface area contributed by atoms with Crippen LogP contribution in [0.4, 0.5) is 5.82 Å². The van der Waals surface area contributed by atoms with Gasteiger partial charge in [0.2, 0.25) is 0 Å². The zero-order chi connectivity index (χ0) is 25.7. The van der Waals surface area contributed by atoms with Crippen LogP contribution in [0.2, 0.25) is 5.02 Å². The Morgan fingerprint density at radius 2 is 1.69 bits per heavy atom. The fourth-order valence-corrected chi connectivity index (χ4v) is 3.53. The molecule has 1 aromatic carbocycles. The van der Waals surface area contributed by atoms with Gasteiger partial charge in [0.1, 0.15) is 11.9 Å². The van der Waals surface area contributed by atoms with E-state index in [1.807, 2.05) is 19.9 Å². The highest BCUT2D eigenvalue weighted by Crippen LogP contribution is 2.17. The summed E-state index contributed by atoms with van der Waals surface area (Å²) in [5, 5.41) is 9.90. The third-order valence-corrected chi connectivity index (χ3v) is 5.26. The van der Waals surface area contributed by atoms with Crippen LogP contribution in [0.5, 0.6) is 0 Å². The Kier molecular flexibility index (Phi) is 8.18. The van der Waals surface area contributed by atoms with Gasteiger partial charge in [0.25, 0.3) is 17.8 Å². The second-order valence-corrected chi connectivity index (χ2v) is 8.77. The quantitative estimate of drug-likeness (QED) is 0.456. The highest BCUT2D eigenvalue weighted by molar-refractivity contribution is 6.33. The van der Waals surface area contributed by atoms with E-state index in [4.69, 9.17) is 16.3 Å². The SMILES string of the molecule is Cc1cc(C)nc(-n2nc(C)cc2NC(=O)COC(=O)[C@@H](NC(=O)c2ccccc2Cl)C(C)C)n1. The Morgan fingerprint density at radius 1 is 1.03 bits per heavy atom. The van der Waals surface area contributed by atoms with E-state index >= 15 is 0 Å². The maximum Gasteiger partial charge on any atom is 0.329 e. The molecule has 2 heterocycles. The number of ether oxygens (including phenoxy) is 1. The van der Waals surface area contributed by atoms with E-state index in [2.05, 4.69) is 25.7 Å². The molecule has 0 saturated carbocycles. The third-order valence-electron chi connectivity index (χ3n) is 4.93. The average molecular weight is 499 g/mol. The minimum atomic E-state index is -0.969. The van der Waals surface area contributed by atoms with Gasteiger partial charge in [0, 0.05) is 17.5 Å². The number of esters is 1. The summed E-state index contributed by atoms with van der Waals surface area (Å²) in [7, 11) is 0. The largest absolute Gasteiger partial charge is 0.454 e. The molecule has 0 saturated heterocycles. The molecule has 0 aliphatic rings. The molecule has 0 fully saturated rings. The highest BCUT2D eigenvalue weighted by atomic mass is 35.5. The summed E-state index contributed by atoms with van der Waals surface area (Å²) >= 11 is 6.07. The minimum absolute atomic E-state index is 0.239. The summed E-state index contributed by atoms with van der Waals surface area (Å²) in [6, 6.07) is 9.02. The van der Waals surface area contributed by atoms with E-state index < -0.39 is 30.4 Å². The van der Waals surface area contributed by atoms with Crippen molar-refractivity contribution in [3.8, 4) is 5.95 Å². The van der Waals surface area contributed by atoms with Crippen molar-refractivity contribution in [1.82, 2.24) is 25.1 Å². The van der Waals surface area contributed by atoms with Crippen molar-refractivity contribution in [3.63, 3.8) is 0 Å². The van der Waals surface area contributed by atoms with E-state index in [1.54, 1.807) is 51.1 Å². The van der Waals surface area contributed by atoms with Gasteiger partial charge in [-0.15, -0.1) is 0 Å². The number of halogens is 1. The molecule has 2 N–H and O–H groups in total. The third kappa shape index (κ3) is 6.63. The van der Waals surface area contributed by atoms with Crippen LogP contribution in [0.25, 0.3) is 5.95 Å². The summed E-state index contributed by atoms with van der Waals surface area (Å²) < 4.78 is 6.61. The van der Waals surface area contributed by atoms with E-state index in [1.165, 1.54) is 4.68 Å². The summed E-state index contributed by atoms with van der Waals surface area (Å²) in [5.74, 6) is -1.47. The molecule has 3 rings (SSSR count). The summed E-state index contributed by atoms with van der Waals surface area (Å²) in [6.45, 7) is 8.39. The topological polar surface area (TPSA) is 128 Å². The van der Waals surface area contributed by atoms with E-state index in [0.29, 0.717) is 17.5 Å². The summed E-state index contributed by atoms with van der Waals surface area (Å²) in [5.41, 5.74) is 2.39. The van der Waals surface area contributed by atoms with Crippen LogP contribution in [-0.4, -0.2) is 50.2 Å². The Bertz CT molecular complexity index is 1240. The molecule has 1 atom stereocenters. The number of anilines is 1. The molecule has 2 amide bonds. The number of nitrogens with zero attached hydrogens (tertiary/aromatic N) is 4. The molecule has 184 valence electrons. The number of rotatable bonds is 8. The Balaban J connectivity index is 1.65. The molecule has 0 radical (unpaired) electrons. The smallest absolute Gasteiger partial charge is 0.329 e. The molecule has 35 heavy (non-hydrogen) atoms. The molecule has 0 aliphatic carbocycles. The van der Waals surface area contributed by atoms with Crippen LogP contribution in [-0.2, 0) is 14.3 Å². The van der Waals surface area contributed by atoms with Crippen LogP contribution >= 0.6 is 11.6 Å². The Hall–Kier alpha value is -3.79. The van der Waals surface area contributed by atoms with Gasteiger partial charge < -0.3 is 15.4 Å². The second kappa shape index (κ2) is 11.1. The van der Waals surface area contributed by atoms with Crippen LogP contribution < -0.4 is 10.6 Å². The minimum Gasteiger partial charge on any atom is -0.454 e. The van der Waals surface area contributed by atoms with Crippen molar-refractivity contribution in [3.05, 3.63) is 64.1 Å². The number of nitrogens with one attached hydrogen (secondary N) is 2. The molecule has 3 aromatic rings. The zero-order valence-corrected chi connectivity index (χ0v) is 20.9. The predicted octanol–water partition coefficient (Wildman–Crippen LogP) is 3.18. The first-order valence-corrected chi connectivity index (χ1v) is 11.3. The predicted molar refractivity (Wildman–Crippen MR) is 130 cm³/mol. The van der Waals surface area contributed by atoms with Gasteiger partial charge in [0.05, 0.1) is 16.3 Å². The van der Waals surface area contributed by atoms with Crippen LogP contribution in [0.3, 0.4) is 0 Å². The van der Waals surface area contributed by atoms with Gasteiger partial charge in [-0.1, -0.05) is 37.6 Å². The lowest BCUT2D eigenvalue weighted by Crippen LogP contribution is -2.46. The number of amides is 2. The first-order valence-electron chi connectivity index (χ1n) is 11.0. The molecule has 11 heteroatoms. The maximum absolute atomic E-state index is 12.7. The van der Waals surface area contributed by atoms with Crippen molar-refractivity contribution in [2.24, 2.45) is 5.92 Å². The number of carbonyl (C=O) groups excluding carboxylic acids is 3. The standard InChI is InChI=1S/C24H27ClN6O4/c1-13(2)21(29-22(33)17-8-6-7-9-18(17)25)23(34)35-12-20(32)28-19-11-16(5)30-31(19)24-26-14(3)10-15(4)27-24/h6-11,13,21H,12H2,1-5H3,(H,28,32)(H,29,33)/t21-/m0/s1. The number of carbonyl (C=O) groups is 3. The van der Waals surface area contributed by atoms with E-state index in [0.717, 1.165) is 11.4 Å². The zero-order valence-electron chi connectivity index (χ0n) is 20.1. The van der Waals surface area contributed by atoms with Crippen molar-refractivity contribution in [1.29, 1.82) is 0 Å². The van der Waals surface area contributed by atoms with Crippen molar-refractivity contribution in [2.75, 3.05) is 11.9 Å². The average Bonchev–Trinajstić information content (AvgIpc) is 3.15. The number of hydrogen-bond acceptors (Lipinski definition) is 7. The van der Waals surface area contributed by atoms with E-state index in [9.17, 15) is 14.4 Å². The molecule has 2 aromatic heterocycles. The number of aromatic nitrogens is 4. The van der Waals surface area contributed by atoms with Gasteiger partial charge >= 0.3 is 5.97 Å². The molecular weight excluding hydrogens is 472 g/mol. The van der Waals surface area contributed by atoms with Gasteiger partial charge in [-0.05, 0) is 44.9 Å². The second-order valence-electron chi connectivity index (χ2n) is 8.36. The van der Waals surface area contributed by atoms with Gasteiger partial charge in [0.15, 0.2) is 6.61 Å². The number of aryl methyl sites for hydroxylation is 3. The number of benzene rings is 1. The van der Waals surface area contributed by atoms with Gasteiger partial charge in [-0.25, -0.2) is 14.8 Å². The van der Waals surface area contributed by atoms with Crippen molar-refractivity contribution >= 4 is 35.2 Å². The summed E-state index contributed by atoms with van der Waals surface area (Å²) in [4.78, 5) is 46.5. The first-order chi connectivity index (χ1) is 16.5. The van der Waals surface area contributed by atoms with Gasteiger partial charge in [-0.3, -0.25) is 9.59 Å². The normalized spacial score (nSPS) is 11.7. The lowest BCUT2D eigenvalue weighted by molar-refractivity contribution is -0.150. The van der Waals surface area contributed by atoms with Crippen LogP contribution in [0.1, 0.15) is 41.3 Å². The fourth-order valence-electron chi connectivity index (χ4n) is 3.31. The lowest BCUT2D eigenvalue weighted by Gasteiger charge is -2.21. The Labute approximate surface area is 208 Å². The molecule has 10 nitrogen and oxygen atoms in total. The molecule has 0 aliphatic heterocycles. The maximum atomic E-state index is 12.7. The molecular formula is C24H27ClN6O4. The lowest BCUT2D eigenvalue weighted by atomic mass is 10.0. The molecule has 0 spiro atoms. The van der Waals surface area contributed by atoms with Crippen molar-refractivity contribution < 1.29 is 19.1 Å². The van der Waals surface area contributed by atoms with Crippen molar-refractivity contribution in [2.45, 2.75) is 40.7 Å². The van der Waals surface area contributed by atoms with Gasteiger partial charge in [-0.2, -0.15) is 9.78 Å². The monoisotopic (exact) mass is 498 g/mol. The van der Waals surface area contributed by atoms with E-state index in [-0.39, 0.29) is 16.5 Å². The van der Waals surface area contributed by atoms with Crippen LogP contribution in [0, 0.1) is 26.7 Å². The highest BCUT2D eigenvalue weighted by Gasteiger charge is 2.27. The fraction of sp³-hybridized carbons (Fsp3) is 0.333. The van der Waals surface area contributed by atoms with Crippen LogP contribution in [0.15, 0.2) is 36.4 Å². The molecule has 0 unspecified atom stereocenters. The number of hydrogen-bond donors (Lipinski definition) is 2. The Morgan fingerprint density at radius 3 is 2.31 bits per heavy atom.